The Labute approximate surface area is 252 Å². The number of esters is 1. The van der Waals surface area contributed by atoms with Crippen LogP contribution in [0.5, 0.6) is 23.0 Å². The molecule has 1 aliphatic rings. The van der Waals surface area contributed by atoms with E-state index >= 15 is 0 Å². The quantitative estimate of drug-likeness (QED) is 0.187. The molecule has 222 valence electrons. The highest BCUT2D eigenvalue weighted by molar-refractivity contribution is 7.07. The Hall–Kier alpha value is -4.83. The van der Waals surface area contributed by atoms with E-state index in [1.54, 1.807) is 56.9 Å². The molecule has 2 heterocycles. The first kappa shape index (κ1) is 29.7. The fourth-order valence-corrected chi connectivity index (χ4v) is 5.84. The van der Waals surface area contributed by atoms with Gasteiger partial charge in [-0.2, -0.15) is 0 Å². The van der Waals surface area contributed by atoms with Crippen LogP contribution in [0.1, 0.15) is 31.0 Å². The predicted molar refractivity (Wildman–Crippen MR) is 164 cm³/mol. The Morgan fingerprint density at radius 2 is 1.70 bits per heavy atom. The van der Waals surface area contributed by atoms with Crippen molar-refractivity contribution in [3.8, 4) is 23.0 Å². The SMILES string of the molecule is CCOC(=O)C1=C(C)N=c2s/c(=C/c3ccc(OCCOc4cccc(OC)c4)c(OC)c3)c(=O)n2[C@H]1c1ccccc1. The molecule has 0 radical (unpaired) electrons. The minimum atomic E-state index is -0.650. The van der Waals surface area contributed by atoms with Crippen LogP contribution in [-0.2, 0) is 9.53 Å². The highest BCUT2D eigenvalue weighted by atomic mass is 32.1. The van der Waals surface area contributed by atoms with Crippen molar-refractivity contribution in [3.63, 3.8) is 0 Å². The third-order valence-electron chi connectivity index (χ3n) is 6.77. The molecule has 0 fully saturated rings. The first-order valence-corrected chi connectivity index (χ1v) is 14.6. The lowest BCUT2D eigenvalue weighted by atomic mass is 9.96. The van der Waals surface area contributed by atoms with Crippen LogP contribution in [0.3, 0.4) is 0 Å². The van der Waals surface area contributed by atoms with E-state index in [-0.39, 0.29) is 12.2 Å². The highest BCUT2D eigenvalue weighted by Crippen LogP contribution is 2.31. The molecule has 0 spiro atoms. The number of nitrogens with zero attached hydrogens (tertiary/aromatic N) is 2. The molecule has 1 aliphatic heterocycles. The third-order valence-corrected chi connectivity index (χ3v) is 7.75. The van der Waals surface area contributed by atoms with Crippen LogP contribution >= 0.6 is 11.3 Å². The van der Waals surface area contributed by atoms with E-state index in [9.17, 15) is 9.59 Å². The second-order valence-electron chi connectivity index (χ2n) is 9.50. The lowest BCUT2D eigenvalue weighted by Crippen LogP contribution is -2.39. The summed E-state index contributed by atoms with van der Waals surface area (Å²) in [5.74, 6) is 1.99. The average Bonchev–Trinajstić information content (AvgIpc) is 3.33. The zero-order valence-electron chi connectivity index (χ0n) is 24.4. The zero-order chi connectivity index (χ0) is 30.3. The van der Waals surface area contributed by atoms with Gasteiger partial charge < -0.3 is 23.7 Å². The largest absolute Gasteiger partial charge is 0.497 e. The van der Waals surface area contributed by atoms with Gasteiger partial charge in [-0.05, 0) is 55.3 Å². The molecule has 1 atom stereocenters. The van der Waals surface area contributed by atoms with Crippen molar-refractivity contribution < 1.29 is 28.5 Å². The van der Waals surface area contributed by atoms with Gasteiger partial charge in [-0.1, -0.05) is 53.8 Å². The minimum absolute atomic E-state index is 0.221. The summed E-state index contributed by atoms with van der Waals surface area (Å²) in [4.78, 5) is 32.0. The van der Waals surface area contributed by atoms with Crippen LogP contribution in [0.4, 0.5) is 0 Å². The number of ether oxygens (including phenoxy) is 5. The molecule has 43 heavy (non-hydrogen) atoms. The molecule has 5 rings (SSSR count). The molecule has 0 unspecified atom stereocenters. The smallest absolute Gasteiger partial charge is 0.338 e. The van der Waals surface area contributed by atoms with Crippen LogP contribution in [-0.4, -0.2) is 44.6 Å². The van der Waals surface area contributed by atoms with E-state index < -0.39 is 12.0 Å². The summed E-state index contributed by atoms with van der Waals surface area (Å²) >= 11 is 1.27. The number of allylic oxidation sites excluding steroid dienone is 1. The second-order valence-corrected chi connectivity index (χ2v) is 10.5. The highest BCUT2D eigenvalue weighted by Gasteiger charge is 2.33. The number of thiazole rings is 1. The lowest BCUT2D eigenvalue weighted by molar-refractivity contribution is -0.139. The van der Waals surface area contributed by atoms with Crippen LogP contribution in [0.15, 0.2) is 93.9 Å². The first-order valence-electron chi connectivity index (χ1n) is 13.8. The van der Waals surface area contributed by atoms with Crippen LogP contribution in [0, 0.1) is 0 Å². The van der Waals surface area contributed by atoms with Gasteiger partial charge >= 0.3 is 5.97 Å². The van der Waals surface area contributed by atoms with E-state index in [0.717, 1.165) is 11.1 Å². The number of methoxy groups -OCH3 is 2. The number of fused-ring (bicyclic) bond motifs is 1. The van der Waals surface area contributed by atoms with E-state index in [0.29, 0.717) is 56.8 Å². The Balaban J connectivity index is 1.41. The number of carbonyl (C=O) groups is 1. The molecule has 9 nitrogen and oxygen atoms in total. The van der Waals surface area contributed by atoms with Gasteiger partial charge in [0.1, 0.15) is 24.7 Å². The summed E-state index contributed by atoms with van der Waals surface area (Å²) in [6.07, 6.45) is 1.79. The summed E-state index contributed by atoms with van der Waals surface area (Å²) in [5, 5.41) is 0. The van der Waals surface area contributed by atoms with Crippen molar-refractivity contribution in [3.05, 3.63) is 115 Å². The second kappa shape index (κ2) is 13.4. The maximum atomic E-state index is 13.8. The molecule has 0 saturated carbocycles. The zero-order valence-corrected chi connectivity index (χ0v) is 25.2. The molecule has 3 aromatic carbocycles. The summed E-state index contributed by atoms with van der Waals surface area (Å²) in [7, 11) is 3.17. The molecule has 0 bridgehead atoms. The van der Waals surface area contributed by atoms with Crippen molar-refractivity contribution >= 4 is 23.4 Å². The van der Waals surface area contributed by atoms with Crippen LogP contribution in [0.2, 0.25) is 0 Å². The van der Waals surface area contributed by atoms with Gasteiger partial charge in [-0.15, -0.1) is 0 Å². The number of benzene rings is 3. The van der Waals surface area contributed by atoms with Gasteiger partial charge in [-0.25, -0.2) is 9.79 Å². The molecule has 1 aromatic heterocycles. The molecule has 4 aromatic rings. The maximum Gasteiger partial charge on any atom is 0.338 e. The number of hydrogen-bond acceptors (Lipinski definition) is 9. The van der Waals surface area contributed by atoms with Crippen molar-refractivity contribution in [1.82, 2.24) is 4.57 Å². The van der Waals surface area contributed by atoms with Gasteiger partial charge in [0.15, 0.2) is 16.3 Å². The fraction of sp³-hybridized carbons (Fsp3) is 0.242. The van der Waals surface area contributed by atoms with Crippen LogP contribution in [0.25, 0.3) is 6.08 Å². The molecule has 0 amide bonds. The molecule has 0 aliphatic carbocycles. The molecule has 0 saturated heterocycles. The van der Waals surface area contributed by atoms with E-state index in [1.807, 2.05) is 54.6 Å². The fourth-order valence-electron chi connectivity index (χ4n) is 4.79. The molecular weight excluding hydrogens is 568 g/mol. The normalized spacial score (nSPS) is 14.5. The standard InChI is InChI=1S/C33H32N2O7S/c1-5-40-32(37)29-21(2)34-33-35(30(29)23-10-7-6-8-11-23)31(36)28(43-33)19-22-14-15-26(27(18-22)39-4)42-17-16-41-25-13-9-12-24(20-25)38-3/h6-15,18-20,30H,5,16-17H2,1-4H3/b28-19+/t30-/m0/s1. The summed E-state index contributed by atoms with van der Waals surface area (Å²) < 4.78 is 29.9. The summed E-state index contributed by atoms with van der Waals surface area (Å²) in [5.41, 5.74) is 2.18. The Kier molecular flexibility index (Phi) is 9.26. The maximum absolute atomic E-state index is 13.8. The van der Waals surface area contributed by atoms with Gasteiger partial charge in [0.2, 0.25) is 0 Å². The number of hydrogen-bond donors (Lipinski definition) is 0. The van der Waals surface area contributed by atoms with Crippen LogP contribution < -0.4 is 33.8 Å². The van der Waals surface area contributed by atoms with Crippen molar-refractivity contribution in [2.75, 3.05) is 34.0 Å². The van der Waals surface area contributed by atoms with E-state index in [2.05, 4.69) is 4.99 Å². The van der Waals surface area contributed by atoms with Crippen molar-refractivity contribution in [1.29, 1.82) is 0 Å². The Morgan fingerprint density at radius 1 is 0.930 bits per heavy atom. The van der Waals surface area contributed by atoms with Crippen molar-refractivity contribution in [2.45, 2.75) is 19.9 Å². The lowest BCUT2D eigenvalue weighted by Gasteiger charge is -2.24. The van der Waals surface area contributed by atoms with Gasteiger partial charge in [-0.3, -0.25) is 9.36 Å². The average molecular weight is 601 g/mol. The number of carbonyl (C=O) groups excluding carboxylic acids is 1. The topological polar surface area (TPSA) is 97.6 Å². The number of rotatable bonds is 11. The third kappa shape index (κ3) is 6.49. The van der Waals surface area contributed by atoms with Gasteiger partial charge in [0.05, 0.1) is 42.7 Å². The predicted octanol–water partition coefficient (Wildman–Crippen LogP) is 4.27. The molecule has 0 N–H and O–H groups in total. The molecular formula is C33H32N2O7S. The van der Waals surface area contributed by atoms with Gasteiger partial charge in [0, 0.05) is 6.07 Å². The van der Waals surface area contributed by atoms with E-state index in [1.165, 1.54) is 11.3 Å². The Bertz CT molecular complexity index is 1830. The first-order chi connectivity index (χ1) is 20.9. The van der Waals surface area contributed by atoms with Crippen molar-refractivity contribution in [2.24, 2.45) is 4.99 Å². The number of aromatic nitrogens is 1. The summed E-state index contributed by atoms with van der Waals surface area (Å²) in [6, 6.07) is 21.6. The molecule has 10 heteroatoms. The Morgan fingerprint density at radius 3 is 2.44 bits per heavy atom. The van der Waals surface area contributed by atoms with Gasteiger partial charge in [0.25, 0.3) is 5.56 Å². The monoisotopic (exact) mass is 600 g/mol. The van der Waals surface area contributed by atoms with E-state index in [4.69, 9.17) is 23.7 Å². The minimum Gasteiger partial charge on any atom is -0.497 e. The summed E-state index contributed by atoms with van der Waals surface area (Å²) in [6.45, 7) is 4.37.